The van der Waals surface area contributed by atoms with E-state index in [2.05, 4.69) is 5.32 Å². The fourth-order valence-corrected chi connectivity index (χ4v) is 3.47. The zero-order valence-corrected chi connectivity index (χ0v) is 17.7. The van der Waals surface area contributed by atoms with Crippen molar-refractivity contribution in [3.05, 3.63) is 78.4 Å². The summed E-state index contributed by atoms with van der Waals surface area (Å²) >= 11 is 0. The molecule has 0 saturated carbocycles. The van der Waals surface area contributed by atoms with Gasteiger partial charge in [0, 0.05) is 5.69 Å². The van der Waals surface area contributed by atoms with Crippen LogP contribution in [0.15, 0.2) is 72.8 Å². The van der Waals surface area contributed by atoms with Crippen LogP contribution < -0.4 is 19.7 Å². The molecule has 1 aliphatic rings. The Balaban J connectivity index is 1.48. The molecule has 2 unspecified atom stereocenters. The molecule has 3 aromatic carbocycles. The Morgan fingerprint density at radius 1 is 1.03 bits per heavy atom. The number of aryl methyl sites for hydroxylation is 1. The normalized spacial score (nSPS) is 16.2. The van der Waals surface area contributed by atoms with Crippen molar-refractivity contribution in [3.8, 4) is 17.2 Å². The molecule has 0 aliphatic carbocycles. The topological polar surface area (TPSA) is 67.9 Å². The van der Waals surface area contributed by atoms with Gasteiger partial charge in [-0.2, -0.15) is 0 Å². The summed E-state index contributed by atoms with van der Waals surface area (Å²) in [5.74, 6) is 1.47. The van der Waals surface area contributed by atoms with Crippen molar-refractivity contribution in [1.29, 1.82) is 0 Å². The molecule has 31 heavy (non-hydrogen) atoms. The number of hydrogen-bond acceptors (Lipinski definition) is 4. The summed E-state index contributed by atoms with van der Waals surface area (Å²) in [5.41, 5.74) is 2.21. The summed E-state index contributed by atoms with van der Waals surface area (Å²) in [7, 11) is 0. The third-order valence-electron chi connectivity index (χ3n) is 5.13. The van der Waals surface area contributed by atoms with Crippen molar-refractivity contribution in [1.82, 2.24) is 0 Å². The maximum absolute atomic E-state index is 13.0. The maximum atomic E-state index is 13.0. The van der Waals surface area contributed by atoms with Crippen molar-refractivity contribution in [2.45, 2.75) is 32.9 Å². The van der Waals surface area contributed by atoms with Gasteiger partial charge in [0.1, 0.15) is 23.3 Å². The van der Waals surface area contributed by atoms with Crippen molar-refractivity contribution < 1.29 is 19.1 Å². The Bertz CT molecular complexity index is 1100. The Hall–Kier alpha value is -3.80. The molecule has 1 aliphatic heterocycles. The number of fused-ring (bicyclic) bond motifs is 1. The smallest absolute Gasteiger partial charge is 0.268 e. The molecule has 1 N–H and O–H groups in total. The first kappa shape index (κ1) is 20.5. The van der Waals surface area contributed by atoms with Crippen LogP contribution in [-0.2, 0) is 9.59 Å². The maximum Gasteiger partial charge on any atom is 0.268 e. The first-order valence-electron chi connectivity index (χ1n) is 10.2. The lowest BCUT2D eigenvalue weighted by atomic mass is 10.1. The number of ether oxygens (including phenoxy) is 2. The van der Waals surface area contributed by atoms with Gasteiger partial charge in [-0.05, 0) is 74.9 Å². The number of rotatable bonds is 5. The fourth-order valence-electron chi connectivity index (χ4n) is 3.47. The molecule has 0 saturated heterocycles. The number of para-hydroxylation sites is 1. The van der Waals surface area contributed by atoms with Crippen LogP contribution in [0.25, 0.3) is 0 Å². The SMILES string of the molecule is Cc1ccc2c(c1)N(C(C)C(=O)Nc1ccc(Oc3ccccc3)cc1)C(=O)C(C)O2. The minimum Gasteiger partial charge on any atom is -0.479 e. The Kier molecular flexibility index (Phi) is 5.62. The molecular weight excluding hydrogens is 392 g/mol. The number of carbonyl (C=O) groups excluding carboxylic acids is 2. The summed E-state index contributed by atoms with van der Waals surface area (Å²) in [4.78, 5) is 27.3. The van der Waals surface area contributed by atoms with Gasteiger partial charge in [0.2, 0.25) is 5.91 Å². The first-order valence-corrected chi connectivity index (χ1v) is 10.2. The highest BCUT2D eigenvalue weighted by Gasteiger charge is 2.37. The third kappa shape index (κ3) is 4.38. The first-order chi connectivity index (χ1) is 14.9. The number of benzene rings is 3. The van der Waals surface area contributed by atoms with Crippen LogP contribution in [0.2, 0.25) is 0 Å². The number of nitrogens with zero attached hydrogens (tertiary/aromatic N) is 1. The third-order valence-corrected chi connectivity index (χ3v) is 5.13. The molecule has 6 nitrogen and oxygen atoms in total. The number of hydrogen-bond donors (Lipinski definition) is 1. The molecule has 4 rings (SSSR count). The number of anilines is 2. The molecular formula is C25H24N2O4. The molecule has 0 bridgehead atoms. The van der Waals surface area contributed by atoms with Crippen LogP contribution in [0.4, 0.5) is 11.4 Å². The fraction of sp³-hybridized carbons (Fsp3) is 0.200. The van der Waals surface area contributed by atoms with Gasteiger partial charge in [-0.15, -0.1) is 0 Å². The average Bonchev–Trinajstić information content (AvgIpc) is 2.77. The van der Waals surface area contributed by atoms with Gasteiger partial charge >= 0.3 is 0 Å². The molecule has 2 atom stereocenters. The number of carbonyl (C=O) groups is 2. The van der Waals surface area contributed by atoms with E-state index in [1.807, 2.05) is 55.5 Å². The van der Waals surface area contributed by atoms with E-state index >= 15 is 0 Å². The second-order valence-corrected chi connectivity index (χ2v) is 7.54. The summed E-state index contributed by atoms with van der Waals surface area (Å²) in [6.45, 7) is 5.34. The van der Waals surface area contributed by atoms with Gasteiger partial charge in [0.25, 0.3) is 5.91 Å². The molecule has 158 valence electrons. The van der Waals surface area contributed by atoms with Gasteiger partial charge in [-0.1, -0.05) is 24.3 Å². The van der Waals surface area contributed by atoms with Crippen LogP contribution in [0.1, 0.15) is 19.4 Å². The van der Waals surface area contributed by atoms with E-state index in [9.17, 15) is 9.59 Å². The summed E-state index contributed by atoms with van der Waals surface area (Å²) in [6.07, 6.45) is -0.653. The molecule has 2 amide bonds. The van der Waals surface area contributed by atoms with Crippen LogP contribution in [0.5, 0.6) is 17.2 Å². The second kappa shape index (κ2) is 8.52. The van der Waals surface area contributed by atoms with Crippen LogP contribution in [0.3, 0.4) is 0 Å². The number of amides is 2. The summed E-state index contributed by atoms with van der Waals surface area (Å²) in [5, 5.41) is 2.88. The highest BCUT2D eigenvalue weighted by molar-refractivity contribution is 6.07. The van der Waals surface area contributed by atoms with Gasteiger partial charge in [-0.3, -0.25) is 14.5 Å². The predicted octanol–water partition coefficient (Wildman–Crippen LogP) is 4.93. The Labute approximate surface area is 181 Å². The van der Waals surface area contributed by atoms with Crippen molar-refractivity contribution in [2.75, 3.05) is 10.2 Å². The molecule has 0 aromatic heterocycles. The van der Waals surface area contributed by atoms with Gasteiger partial charge in [-0.25, -0.2) is 0 Å². The van der Waals surface area contributed by atoms with Crippen molar-refractivity contribution in [2.24, 2.45) is 0 Å². The monoisotopic (exact) mass is 416 g/mol. The lowest BCUT2D eigenvalue weighted by Gasteiger charge is -2.36. The molecule has 0 spiro atoms. The lowest BCUT2D eigenvalue weighted by Crippen LogP contribution is -2.52. The Morgan fingerprint density at radius 3 is 2.42 bits per heavy atom. The molecule has 1 heterocycles. The molecule has 0 fully saturated rings. The summed E-state index contributed by atoms with van der Waals surface area (Å²) < 4.78 is 11.5. The molecule has 6 heteroatoms. The molecule has 0 radical (unpaired) electrons. The highest BCUT2D eigenvalue weighted by atomic mass is 16.5. The van der Waals surface area contributed by atoms with E-state index in [1.54, 1.807) is 38.1 Å². The van der Waals surface area contributed by atoms with Gasteiger partial charge < -0.3 is 14.8 Å². The van der Waals surface area contributed by atoms with E-state index in [-0.39, 0.29) is 11.8 Å². The largest absolute Gasteiger partial charge is 0.479 e. The Morgan fingerprint density at radius 2 is 1.71 bits per heavy atom. The van der Waals surface area contributed by atoms with E-state index in [4.69, 9.17) is 9.47 Å². The van der Waals surface area contributed by atoms with Crippen molar-refractivity contribution in [3.63, 3.8) is 0 Å². The zero-order chi connectivity index (χ0) is 22.0. The van der Waals surface area contributed by atoms with E-state index in [1.165, 1.54) is 4.90 Å². The lowest BCUT2D eigenvalue weighted by molar-refractivity contribution is -0.128. The predicted molar refractivity (Wildman–Crippen MR) is 120 cm³/mol. The van der Waals surface area contributed by atoms with Crippen LogP contribution >= 0.6 is 0 Å². The standard InChI is InChI=1S/C25H24N2O4/c1-16-9-14-23-22(15-16)27(25(29)18(3)30-23)17(2)24(28)26-19-10-12-21(13-11-19)31-20-7-5-4-6-8-20/h4-15,17-18H,1-3H3,(H,26,28). The van der Waals surface area contributed by atoms with Gasteiger partial charge in [0.05, 0.1) is 5.69 Å². The molecule has 3 aromatic rings. The highest BCUT2D eigenvalue weighted by Crippen LogP contribution is 2.36. The average molecular weight is 416 g/mol. The van der Waals surface area contributed by atoms with E-state index < -0.39 is 12.1 Å². The quantitative estimate of drug-likeness (QED) is 0.640. The van der Waals surface area contributed by atoms with Crippen LogP contribution in [-0.4, -0.2) is 24.0 Å². The zero-order valence-electron chi connectivity index (χ0n) is 17.7. The van der Waals surface area contributed by atoms with Gasteiger partial charge in [0.15, 0.2) is 6.10 Å². The van der Waals surface area contributed by atoms with Crippen molar-refractivity contribution >= 4 is 23.2 Å². The van der Waals surface area contributed by atoms with E-state index in [0.717, 1.165) is 11.3 Å². The van der Waals surface area contributed by atoms with Crippen LogP contribution in [0, 0.1) is 6.92 Å². The summed E-state index contributed by atoms with van der Waals surface area (Å²) in [6, 6.07) is 21.5. The minimum absolute atomic E-state index is 0.243. The van der Waals surface area contributed by atoms with E-state index in [0.29, 0.717) is 22.9 Å². The second-order valence-electron chi connectivity index (χ2n) is 7.54. The minimum atomic E-state index is -0.709. The number of nitrogens with one attached hydrogen (secondary N) is 1.